The molecule has 2 rings (SSSR count). The van der Waals surface area contributed by atoms with E-state index in [0.29, 0.717) is 18.1 Å². The van der Waals surface area contributed by atoms with Crippen molar-refractivity contribution in [3.05, 3.63) is 64.7 Å². The summed E-state index contributed by atoms with van der Waals surface area (Å²) >= 11 is 5.95. The molecule has 102 valence electrons. The molecule has 0 aliphatic heterocycles. The van der Waals surface area contributed by atoms with Gasteiger partial charge in [0.25, 0.3) is 0 Å². The first kappa shape index (κ1) is 14.4. The maximum absolute atomic E-state index is 9.26. The summed E-state index contributed by atoms with van der Waals surface area (Å²) in [6, 6.07) is 17.6. The summed E-state index contributed by atoms with van der Waals surface area (Å²) in [6.07, 6.45) is 0.644. The van der Waals surface area contributed by atoms with E-state index in [1.165, 1.54) is 0 Å². The van der Waals surface area contributed by atoms with Gasteiger partial charge < -0.3 is 4.74 Å². The molecule has 0 spiro atoms. The lowest BCUT2D eigenvalue weighted by molar-refractivity contribution is 0.306. The van der Waals surface area contributed by atoms with Crippen LogP contribution in [0.2, 0.25) is 5.02 Å². The Balaban J connectivity index is 1.93. The summed E-state index contributed by atoms with van der Waals surface area (Å²) < 4.78 is 5.69. The molecule has 0 saturated carbocycles. The van der Waals surface area contributed by atoms with Crippen molar-refractivity contribution in [3.63, 3.8) is 0 Å². The number of benzene rings is 2. The van der Waals surface area contributed by atoms with Crippen molar-refractivity contribution in [1.82, 2.24) is 0 Å². The van der Waals surface area contributed by atoms with Crippen molar-refractivity contribution in [1.29, 1.82) is 5.26 Å². The lowest BCUT2D eigenvalue weighted by Gasteiger charge is -2.11. The van der Waals surface area contributed by atoms with E-state index in [2.05, 4.69) is 6.07 Å². The molecule has 2 nitrogen and oxygen atoms in total. The molecule has 1 unspecified atom stereocenters. The lowest BCUT2D eigenvalue weighted by atomic mass is 9.98. The molecule has 0 radical (unpaired) electrons. The van der Waals surface area contributed by atoms with Crippen LogP contribution in [0, 0.1) is 18.3 Å². The van der Waals surface area contributed by atoms with E-state index in [1.807, 2.05) is 55.5 Å². The van der Waals surface area contributed by atoms with Crippen LogP contribution in [-0.2, 0) is 0 Å². The lowest BCUT2D eigenvalue weighted by Crippen LogP contribution is -2.04. The first-order chi connectivity index (χ1) is 9.69. The van der Waals surface area contributed by atoms with E-state index in [0.717, 1.165) is 16.9 Å². The molecular weight excluding hydrogens is 270 g/mol. The number of rotatable bonds is 5. The van der Waals surface area contributed by atoms with Crippen LogP contribution in [0.3, 0.4) is 0 Å². The number of halogens is 1. The highest BCUT2D eigenvalue weighted by Gasteiger charge is 2.11. The van der Waals surface area contributed by atoms with Crippen molar-refractivity contribution in [2.75, 3.05) is 6.61 Å². The van der Waals surface area contributed by atoms with Gasteiger partial charge in [-0.3, -0.25) is 0 Å². The van der Waals surface area contributed by atoms with Crippen LogP contribution < -0.4 is 4.74 Å². The number of ether oxygens (including phenoxy) is 1. The van der Waals surface area contributed by atoms with Crippen molar-refractivity contribution >= 4 is 11.6 Å². The molecule has 0 amide bonds. The van der Waals surface area contributed by atoms with Gasteiger partial charge in [-0.15, -0.1) is 0 Å². The Morgan fingerprint density at radius 3 is 2.70 bits per heavy atom. The molecule has 0 heterocycles. The Hall–Kier alpha value is -1.98. The zero-order chi connectivity index (χ0) is 14.4. The fourth-order valence-corrected chi connectivity index (χ4v) is 2.23. The van der Waals surface area contributed by atoms with E-state index >= 15 is 0 Å². The number of hydrogen-bond acceptors (Lipinski definition) is 2. The average Bonchev–Trinajstić information content (AvgIpc) is 2.44. The van der Waals surface area contributed by atoms with Gasteiger partial charge in [0.1, 0.15) is 5.75 Å². The third-order valence-corrected chi connectivity index (χ3v) is 3.31. The minimum absolute atomic E-state index is 0.196. The topological polar surface area (TPSA) is 33.0 Å². The number of hydrogen-bond donors (Lipinski definition) is 0. The summed E-state index contributed by atoms with van der Waals surface area (Å²) in [7, 11) is 0. The van der Waals surface area contributed by atoms with Crippen LogP contribution in [0.4, 0.5) is 0 Å². The first-order valence-electron chi connectivity index (χ1n) is 6.53. The second-order valence-corrected chi connectivity index (χ2v) is 5.13. The van der Waals surface area contributed by atoms with Gasteiger partial charge >= 0.3 is 0 Å². The van der Waals surface area contributed by atoms with Gasteiger partial charge in [0.15, 0.2) is 0 Å². The second kappa shape index (κ2) is 6.98. The van der Waals surface area contributed by atoms with Crippen molar-refractivity contribution in [2.45, 2.75) is 19.3 Å². The van der Waals surface area contributed by atoms with Gasteiger partial charge in [-0.2, -0.15) is 5.26 Å². The highest BCUT2D eigenvalue weighted by Crippen LogP contribution is 2.22. The van der Waals surface area contributed by atoms with Gasteiger partial charge in [0.05, 0.1) is 18.6 Å². The van der Waals surface area contributed by atoms with E-state index in [4.69, 9.17) is 16.3 Å². The zero-order valence-corrected chi connectivity index (χ0v) is 12.1. The molecule has 0 saturated heterocycles. The van der Waals surface area contributed by atoms with E-state index < -0.39 is 0 Å². The molecule has 2 aromatic rings. The molecule has 0 N–H and O–H groups in total. The predicted molar refractivity (Wildman–Crippen MR) is 81.1 cm³/mol. The van der Waals surface area contributed by atoms with Crippen molar-refractivity contribution in [3.8, 4) is 11.8 Å². The van der Waals surface area contributed by atoms with E-state index in [-0.39, 0.29) is 5.92 Å². The van der Waals surface area contributed by atoms with Crippen LogP contribution in [0.1, 0.15) is 23.5 Å². The minimum Gasteiger partial charge on any atom is -0.494 e. The SMILES string of the molecule is Cc1cccc(OCCC(C#N)c2cccc(Cl)c2)c1. The summed E-state index contributed by atoms with van der Waals surface area (Å²) in [6.45, 7) is 2.53. The fourth-order valence-electron chi connectivity index (χ4n) is 2.03. The first-order valence-corrected chi connectivity index (χ1v) is 6.91. The van der Waals surface area contributed by atoms with Gasteiger partial charge in [-0.05, 0) is 42.3 Å². The van der Waals surface area contributed by atoms with Gasteiger partial charge in [0, 0.05) is 11.4 Å². The highest BCUT2D eigenvalue weighted by molar-refractivity contribution is 6.30. The fraction of sp³-hybridized carbons (Fsp3) is 0.235. The smallest absolute Gasteiger partial charge is 0.119 e. The van der Waals surface area contributed by atoms with Crippen LogP contribution in [0.5, 0.6) is 5.75 Å². The molecular formula is C17H16ClNO. The maximum atomic E-state index is 9.26. The minimum atomic E-state index is -0.196. The largest absolute Gasteiger partial charge is 0.494 e. The average molecular weight is 286 g/mol. The van der Waals surface area contributed by atoms with Crippen molar-refractivity contribution < 1.29 is 4.74 Å². The van der Waals surface area contributed by atoms with E-state index in [9.17, 15) is 5.26 Å². The molecule has 0 bridgehead atoms. The summed E-state index contributed by atoms with van der Waals surface area (Å²) in [5.41, 5.74) is 2.10. The second-order valence-electron chi connectivity index (χ2n) is 4.69. The third-order valence-electron chi connectivity index (χ3n) is 3.07. The summed E-state index contributed by atoms with van der Waals surface area (Å²) in [5.74, 6) is 0.645. The Morgan fingerprint density at radius 2 is 2.00 bits per heavy atom. The molecule has 0 aromatic heterocycles. The quantitative estimate of drug-likeness (QED) is 0.796. The Bertz CT molecular complexity index is 618. The standard InChI is InChI=1S/C17H16ClNO/c1-13-4-2-7-17(10-13)20-9-8-15(12-19)14-5-3-6-16(18)11-14/h2-7,10-11,15H,8-9H2,1H3. The Morgan fingerprint density at radius 1 is 1.20 bits per heavy atom. The molecule has 0 aliphatic rings. The van der Waals surface area contributed by atoms with Crippen LogP contribution in [-0.4, -0.2) is 6.61 Å². The molecule has 1 atom stereocenters. The van der Waals surface area contributed by atoms with Gasteiger partial charge in [-0.1, -0.05) is 35.9 Å². The monoisotopic (exact) mass is 285 g/mol. The molecule has 0 fully saturated rings. The van der Waals surface area contributed by atoms with Crippen LogP contribution in [0.25, 0.3) is 0 Å². The van der Waals surface area contributed by atoms with Gasteiger partial charge in [0.2, 0.25) is 0 Å². The Kier molecular flexibility index (Phi) is 5.03. The maximum Gasteiger partial charge on any atom is 0.119 e. The van der Waals surface area contributed by atoms with E-state index in [1.54, 1.807) is 0 Å². The molecule has 0 aliphatic carbocycles. The summed E-state index contributed by atoms with van der Waals surface area (Å²) in [5, 5.41) is 9.92. The number of nitriles is 1. The van der Waals surface area contributed by atoms with Gasteiger partial charge in [-0.25, -0.2) is 0 Å². The van der Waals surface area contributed by atoms with Crippen molar-refractivity contribution in [2.24, 2.45) is 0 Å². The van der Waals surface area contributed by atoms with Crippen LogP contribution in [0.15, 0.2) is 48.5 Å². The summed E-state index contributed by atoms with van der Waals surface area (Å²) in [4.78, 5) is 0. The Labute approximate surface area is 124 Å². The molecule has 20 heavy (non-hydrogen) atoms. The third kappa shape index (κ3) is 4.01. The predicted octanol–water partition coefficient (Wildman–Crippen LogP) is 4.72. The molecule has 2 aromatic carbocycles. The van der Waals surface area contributed by atoms with Crippen LogP contribution >= 0.6 is 11.6 Å². The molecule has 3 heteroatoms. The number of aryl methyl sites for hydroxylation is 1. The number of nitrogens with zero attached hydrogens (tertiary/aromatic N) is 1. The highest BCUT2D eigenvalue weighted by atomic mass is 35.5. The normalized spacial score (nSPS) is 11.7. The zero-order valence-electron chi connectivity index (χ0n) is 11.3.